The first-order valence-corrected chi connectivity index (χ1v) is 11.4. The SMILES string of the molecule is C=CC(=O)N1CCC(c2cc(-c3ccc(C(=O)Nc4cc(OC)ccn4)cc3)n3cnccc23)C1. The van der Waals surface area contributed by atoms with Gasteiger partial charge < -0.3 is 19.4 Å². The molecule has 1 atom stereocenters. The number of methoxy groups -OCH3 is 1. The third kappa shape index (κ3) is 4.38. The maximum Gasteiger partial charge on any atom is 0.256 e. The highest BCUT2D eigenvalue weighted by atomic mass is 16.5. The minimum Gasteiger partial charge on any atom is -0.497 e. The molecular formula is C27H25N5O3. The number of nitrogens with zero attached hydrogens (tertiary/aromatic N) is 4. The molecule has 8 heteroatoms. The van der Waals surface area contributed by atoms with Crippen molar-refractivity contribution in [3.05, 3.63) is 91.0 Å². The Morgan fingerprint density at radius 3 is 2.74 bits per heavy atom. The van der Waals surface area contributed by atoms with Crippen LogP contribution in [0.2, 0.25) is 0 Å². The number of amides is 2. The summed E-state index contributed by atoms with van der Waals surface area (Å²) in [7, 11) is 1.56. The van der Waals surface area contributed by atoms with Gasteiger partial charge in [0.2, 0.25) is 5.91 Å². The van der Waals surface area contributed by atoms with Gasteiger partial charge in [-0.25, -0.2) is 9.97 Å². The third-order valence-electron chi connectivity index (χ3n) is 6.37. The first-order valence-electron chi connectivity index (χ1n) is 11.4. The molecule has 0 spiro atoms. The molecule has 4 heterocycles. The molecule has 1 fully saturated rings. The Labute approximate surface area is 202 Å². The molecule has 1 unspecified atom stereocenters. The summed E-state index contributed by atoms with van der Waals surface area (Å²) in [6, 6.07) is 15.0. The molecule has 3 aromatic heterocycles. The van der Waals surface area contributed by atoms with E-state index in [0.29, 0.717) is 23.7 Å². The van der Waals surface area contributed by atoms with Crippen LogP contribution in [0.25, 0.3) is 16.8 Å². The number of hydrogen-bond donors (Lipinski definition) is 1. The zero-order valence-electron chi connectivity index (χ0n) is 19.3. The molecule has 0 radical (unpaired) electrons. The number of fused-ring (bicyclic) bond motifs is 1. The number of nitrogens with one attached hydrogen (secondary N) is 1. The molecule has 176 valence electrons. The van der Waals surface area contributed by atoms with E-state index in [0.717, 1.165) is 29.7 Å². The van der Waals surface area contributed by atoms with Gasteiger partial charge in [-0.05, 0) is 54.0 Å². The van der Waals surface area contributed by atoms with Gasteiger partial charge in [0, 0.05) is 43.0 Å². The lowest BCUT2D eigenvalue weighted by atomic mass is 9.98. The van der Waals surface area contributed by atoms with E-state index in [4.69, 9.17) is 4.74 Å². The van der Waals surface area contributed by atoms with Crippen LogP contribution >= 0.6 is 0 Å². The monoisotopic (exact) mass is 467 g/mol. The standard InChI is InChI=1S/C27H25N5O3/c1-3-26(33)31-13-10-20(16-31)22-15-24(32-17-28-11-9-23(22)32)18-4-6-19(7-5-18)27(34)30-25-14-21(35-2)8-12-29-25/h3-9,11-12,14-15,17,20H,1,10,13,16H2,2H3,(H,29,30,34). The van der Waals surface area contributed by atoms with Crippen molar-refractivity contribution in [1.82, 2.24) is 19.3 Å². The van der Waals surface area contributed by atoms with Crippen LogP contribution in [0, 0.1) is 0 Å². The van der Waals surface area contributed by atoms with Gasteiger partial charge in [0.05, 0.1) is 24.6 Å². The second kappa shape index (κ2) is 9.42. The van der Waals surface area contributed by atoms with Crippen molar-refractivity contribution in [2.75, 3.05) is 25.5 Å². The van der Waals surface area contributed by atoms with Gasteiger partial charge >= 0.3 is 0 Å². The summed E-state index contributed by atoms with van der Waals surface area (Å²) in [5.41, 5.74) is 4.73. The second-order valence-electron chi connectivity index (χ2n) is 8.41. The van der Waals surface area contributed by atoms with Crippen molar-refractivity contribution >= 4 is 23.1 Å². The minimum atomic E-state index is -0.252. The van der Waals surface area contributed by atoms with Crippen molar-refractivity contribution in [3.63, 3.8) is 0 Å². The summed E-state index contributed by atoms with van der Waals surface area (Å²) in [4.78, 5) is 35.1. The number of anilines is 1. The highest BCUT2D eigenvalue weighted by molar-refractivity contribution is 6.04. The summed E-state index contributed by atoms with van der Waals surface area (Å²) >= 11 is 0. The maximum atomic E-state index is 12.7. The lowest BCUT2D eigenvalue weighted by Crippen LogP contribution is -2.26. The Hall–Kier alpha value is -4.46. The van der Waals surface area contributed by atoms with E-state index in [1.54, 1.807) is 50.1 Å². The van der Waals surface area contributed by atoms with Gasteiger partial charge in [0.25, 0.3) is 5.91 Å². The molecule has 8 nitrogen and oxygen atoms in total. The number of ether oxygens (including phenoxy) is 1. The van der Waals surface area contributed by atoms with Crippen molar-refractivity contribution in [3.8, 4) is 17.0 Å². The van der Waals surface area contributed by atoms with Crippen LogP contribution in [0.15, 0.2) is 79.9 Å². The molecule has 1 aliphatic heterocycles. The van der Waals surface area contributed by atoms with Gasteiger partial charge in [0.15, 0.2) is 0 Å². The molecule has 1 saturated heterocycles. The summed E-state index contributed by atoms with van der Waals surface area (Å²) < 4.78 is 7.24. The van der Waals surface area contributed by atoms with Crippen LogP contribution in [0.3, 0.4) is 0 Å². The predicted octanol–water partition coefficient (Wildman–Crippen LogP) is 4.16. The van der Waals surface area contributed by atoms with Crippen LogP contribution < -0.4 is 10.1 Å². The normalized spacial score (nSPS) is 15.2. The van der Waals surface area contributed by atoms with E-state index < -0.39 is 0 Å². The summed E-state index contributed by atoms with van der Waals surface area (Å²) in [5, 5.41) is 2.80. The largest absolute Gasteiger partial charge is 0.497 e. The van der Waals surface area contributed by atoms with Gasteiger partial charge in [-0.15, -0.1) is 0 Å². The Morgan fingerprint density at radius 2 is 1.97 bits per heavy atom. The van der Waals surface area contributed by atoms with E-state index in [1.165, 1.54) is 11.6 Å². The molecule has 0 aliphatic carbocycles. The van der Waals surface area contributed by atoms with Gasteiger partial charge in [-0.3, -0.25) is 9.59 Å². The topological polar surface area (TPSA) is 88.8 Å². The average molecular weight is 468 g/mol. The van der Waals surface area contributed by atoms with E-state index >= 15 is 0 Å². The number of carbonyl (C=O) groups excluding carboxylic acids is 2. The summed E-state index contributed by atoms with van der Waals surface area (Å²) in [6.07, 6.45) is 7.43. The molecular weight excluding hydrogens is 442 g/mol. The highest BCUT2D eigenvalue weighted by Crippen LogP contribution is 2.35. The fraction of sp³-hybridized carbons (Fsp3) is 0.185. The van der Waals surface area contributed by atoms with Crippen LogP contribution in [-0.4, -0.2) is 51.3 Å². The predicted molar refractivity (Wildman–Crippen MR) is 134 cm³/mol. The number of hydrogen-bond acceptors (Lipinski definition) is 5. The maximum absolute atomic E-state index is 12.7. The average Bonchev–Trinajstić information content (AvgIpc) is 3.54. The molecule has 0 bridgehead atoms. The highest BCUT2D eigenvalue weighted by Gasteiger charge is 2.28. The minimum absolute atomic E-state index is 0.0316. The lowest BCUT2D eigenvalue weighted by Gasteiger charge is -2.13. The Balaban J connectivity index is 1.40. The van der Waals surface area contributed by atoms with Crippen molar-refractivity contribution in [2.45, 2.75) is 12.3 Å². The Bertz CT molecular complexity index is 1410. The lowest BCUT2D eigenvalue weighted by molar-refractivity contribution is -0.125. The molecule has 5 rings (SSSR count). The number of rotatable bonds is 6. The molecule has 1 N–H and O–H groups in total. The summed E-state index contributed by atoms with van der Waals surface area (Å²) in [5.74, 6) is 1.00. The van der Waals surface area contributed by atoms with Crippen molar-refractivity contribution in [2.24, 2.45) is 0 Å². The Kier molecular flexibility index (Phi) is 6.01. The molecule has 1 aromatic carbocycles. The number of likely N-dealkylation sites (tertiary alicyclic amines) is 1. The third-order valence-corrected chi connectivity index (χ3v) is 6.37. The van der Waals surface area contributed by atoms with Gasteiger partial charge in [-0.1, -0.05) is 18.7 Å². The number of carbonyl (C=O) groups is 2. The van der Waals surface area contributed by atoms with Crippen molar-refractivity contribution < 1.29 is 14.3 Å². The fourth-order valence-electron chi connectivity index (χ4n) is 4.56. The Morgan fingerprint density at radius 1 is 1.14 bits per heavy atom. The molecule has 4 aromatic rings. The zero-order chi connectivity index (χ0) is 24.4. The second-order valence-corrected chi connectivity index (χ2v) is 8.41. The van der Waals surface area contributed by atoms with E-state index in [9.17, 15) is 9.59 Å². The van der Waals surface area contributed by atoms with Crippen LogP contribution in [0.5, 0.6) is 5.75 Å². The van der Waals surface area contributed by atoms with Crippen LogP contribution in [0.4, 0.5) is 5.82 Å². The summed E-state index contributed by atoms with van der Waals surface area (Å²) in [6.45, 7) is 5.00. The fourth-order valence-corrected chi connectivity index (χ4v) is 4.56. The van der Waals surface area contributed by atoms with E-state index in [2.05, 4.69) is 32.3 Å². The quantitative estimate of drug-likeness (QED) is 0.430. The molecule has 35 heavy (non-hydrogen) atoms. The van der Waals surface area contributed by atoms with Gasteiger partial charge in [0.1, 0.15) is 11.6 Å². The first kappa shape index (κ1) is 22.3. The molecule has 0 saturated carbocycles. The number of benzene rings is 1. The van der Waals surface area contributed by atoms with Gasteiger partial charge in [-0.2, -0.15) is 0 Å². The number of pyridine rings is 1. The van der Waals surface area contributed by atoms with Crippen LogP contribution in [-0.2, 0) is 4.79 Å². The van der Waals surface area contributed by atoms with Crippen LogP contribution in [0.1, 0.15) is 28.3 Å². The molecule has 2 amide bonds. The zero-order valence-corrected chi connectivity index (χ0v) is 19.3. The smallest absolute Gasteiger partial charge is 0.256 e. The molecule has 1 aliphatic rings. The van der Waals surface area contributed by atoms with E-state index in [1.807, 2.05) is 23.1 Å². The first-order chi connectivity index (χ1) is 17.1. The number of aromatic nitrogens is 3. The van der Waals surface area contributed by atoms with E-state index in [-0.39, 0.29) is 17.7 Å². The van der Waals surface area contributed by atoms with Crippen molar-refractivity contribution in [1.29, 1.82) is 0 Å².